The topological polar surface area (TPSA) is 48.3 Å². The van der Waals surface area contributed by atoms with Gasteiger partial charge in [-0.1, -0.05) is 127 Å². The Labute approximate surface area is 366 Å². The van der Waals surface area contributed by atoms with Crippen LogP contribution in [0.3, 0.4) is 0 Å². The minimum absolute atomic E-state index is 0.802. The molecule has 0 amide bonds. The standard InChI is InChI=1S/C58H30N4OS/c1-3-17-37-34(14-1)35-15-2-4-18-38(35)56-55(37)59-54(32-13-9-12-31(30-32)33-20-10-25-46-49(33)40-19-6-8-24-45(40)63-46)58(60-56)62-43-23-11-22-42-50(43)51-44(62)27-29-47-52(51)53-48(64-47)28-26-39-36-16-5-7-21-41(36)61(42)57(39)53/h1-30H. The average molecular weight is 831 g/mol. The molecule has 0 saturated carbocycles. The summed E-state index contributed by atoms with van der Waals surface area (Å²) in [6.45, 7) is 0. The lowest BCUT2D eigenvalue weighted by atomic mass is 9.96. The van der Waals surface area contributed by atoms with Gasteiger partial charge in [0, 0.05) is 68.8 Å². The Balaban J connectivity index is 1.09. The van der Waals surface area contributed by atoms with Gasteiger partial charge in [-0.25, -0.2) is 9.97 Å². The lowest BCUT2D eigenvalue weighted by molar-refractivity contribution is 0.669. The number of hydrogen-bond donors (Lipinski definition) is 0. The molecule has 0 bridgehead atoms. The smallest absolute Gasteiger partial charge is 0.165 e. The molecule has 294 valence electrons. The lowest BCUT2D eigenvalue weighted by Gasteiger charge is -2.17. The summed E-state index contributed by atoms with van der Waals surface area (Å²) in [7, 11) is 0. The van der Waals surface area contributed by atoms with Crippen LogP contribution in [0, 0.1) is 0 Å². The second-order valence-corrected chi connectivity index (χ2v) is 18.3. The van der Waals surface area contributed by atoms with Gasteiger partial charge in [0.15, 0.2) is 5.82 Å². The number of nitrogens with zero attached hydrogens (tertiary/aromatic N) is 4. The highest BCUT2D eigenvalue weighted by molar-refractivity contribution is 7.26. The van der Waals surface area contributed by atoms with Crippen molar-refractivity contribution in [2.24, 2.45) is 0 Å². The number of fused-ring (bicyclic) bond motifs is 13. The maximum absolute atomic E-state index is 6.38. The first-order chi connectivity index (χ1) is 31.8. The fraction of sp³-hybridized carbons (Fsp3) is 0. The van der Waals surface area contributed by atoms with Gasteiger partial charge in [-0.3, -0.25) is 4.57 Å². The number of para-hydroxylation sites is 2. The van der Waals surface area contributed by atoms with Crippen molar-refractivity contribution >= 4 is 135 Å². The van der Waals surface area contributed by atoms with Crippen LogP contribution in [-0.4, -0.2) is 18.9 Å². The van der Waals surface area contributed by atoms with Crippen molar-refractivity contribution in [1.29, 1.82) is 0 Å². The van der Waals surface area contributed by atoms with Crippen LogP contribution < -0.4 is 0 Å². The van der Waals surface area contributed by atoms with E-state index in [0.717, 1.165) is 83.0 Å². The van der Waals surface area contributed by atoms with Crippen LogP contribution in [0.25, 0.3) is 152 Å². The number of hydrogen-bond acceptors (Lipinski definition) is 4. The van der Waals surface area contributed by atoms with Crippen molar-refractivity contribution in [2.45, 2.75) is 0 Å². The van der Waals surface area contributed by atoms with Gasteiger partial charge in [0.2, 0.25) is 0 Å². The molecule has 16 rings (SSSR count). The molecule has 6 heteroatoms. The predicted molar refractivity (Wildman–Crippen MR) is 268 cm³/mol. The van der Waals surface area contributed by atoms with Gasteiger partial charge in [-0.05, 0) is 76.5 Å². The van der Waals surface area contributed by atoms with Crippen molar-refractivity contribution in [2.75, 3.05) is 0 Å². The SMILES string of the molecule is c1cc(-c2nc3c4ccccc4c4ccccc4c3nc2-n2c3ccc4sc5ccc6c7ccccc7n7c8cccc2c8c3c4c5c67)cc(-c2cccc3oc4ccccc4c23)c1. The molecule has 0 aliphatic carbocycles. The second kappa shape index (κ2) is 11.8. The highest BCUT2D eigenvalue weighted by atomic mass is 32.1. The summed E-state index contributed by atoms with van der Waals surface area (Å²) in [6.07, 6.45) is 0. The van der Waals surface area contributed by atoms with Crippen LogP contribution in [0.15, 0.2) is 186 Å². The molecule has 6 heterocycles. The van der Waals surface area contributed by atoms with Crippen LogP contribution in [0.1, 0.15) is 0 Å². The highest BCUT2D eigenvalue weighted by Crippen LogP contribution is 2.51. The first-order valence-corrected chi connectivity index (χ1v) is 22.6. The molecule has 16 aromatic rings. The Morgan fingerprint density at radius 2 is 1.02 bits per heavy atom. The minimum atomic E-state index is 0.802. The summed E-state index contributed by atoms with van der Waals surface area (Å²) in [6, 6.07) is 65.8. The Morgan fingerprint density at radius 1 is 0.391 bits per heavy atom. The van der Waals surface area contributed by atoms with E-state index in [0.29, 0.717) is 0 Å². The molecule has 0 saturated heterocycles. The first kappa shape index (κ1) is 33.3. The van der Waals surface area contributed by atoms with Crippen molar-refractivity contribution in [3.05, 3.63) is 182 Å². The predicted octanol–water partition coefficient (Wildman–Crippen LogP) is 16.1. The number of thiophene rings is 1. The second-order valence-electron chi connectivity index (χ2n) is 17.2. The number of benzene rings is 10. The average Bonchev–Trinajstić information content (AvgIpc) is 4.09. The lowest BCUT2D eigenvalue weighted by Crippen LogP contribution is -2.04. The summed E-state index contributed by atoms with van der Waals surface area (Å²) in [4.78, 5) is 11.7. The maximum Gasteiger partial charge on any atom is 0.165 e. The molecule has 0 spiro atoms. The van der Waals surface area contributed by atoms with Crippen molar-refractivity contribution in [1.82, 2.24) is 18.9 Å². The van der Waals surface area contributed by atoms with Gasteiger partial charge in [-0.2, -0.15) is 0 Å². The molecule has 0 fully saturated rings. The molecule has 6 aromatic heterocycles. The summed E-state index contributed by atoms with van der Waals surface area (Å²) >= 11 is 1.89. The Kier molecular flexibility index (Phi) is 6.13. The molecule has 0 N–H and O–H groups in total. The molecular formula is C58H30N4OS. The van der Waals surface area contributed by atoms with Crippen LogP contribution >= 0.6 is 11.3 Å². The Bertz CT molecular complexity index is 4680. The zero-order valence-corrected chi connectivity index (χ0v) is 34.7. The molecule has 5 nitrogen and oxygen atoms in total. The summed E-state index contributed by atoms with van der Waals surface area (Å²) in [5, 5.41) is 14.4. The third kappa shape index (κ3) is 4.05. The third-order valence-corrected chi connectivity index (χ3v) is 15.1. The zero-order valence-electron chi connectivity index (χ0n) is 33.9. The van der Waals surface area contributed by atoms with E-state index in [1.165, 1.54) is 69.0 Å². The molecular weight excluding hydrogens is 801 g/mol. The van der Waals surface area contributed by atoms with E-state index in [2.05, 4.69) is 179 Å². The fourth-order valence-electron chi connectivity index (χ4n) is 11.4. The van der Waals surface area contributed by atoms with Gasteiger partial charge >= 0.3 is 0 Å². The summed E-state index contributed by atoms with van der Waals surface area (Å²) in [5.41, 5.74) is 13.5. The van der Waals surface area contributed by atoms with E-state index in [-0.39, 0.29) is 0 Å². The quantitative estimate of drug-likeness (QED) is 0.167. The van der Waals surface area contributed by atoms with Crippen LogP contribution in [-0.2, 0) is 0 Å². The van der Waals surface area contributed by atoms with Crippen molar-refractivity contribution < 1.29 is 4.42 Å². The van der Waals surface area contributed by atoms with Crippen molar-refractivity contribution in [3.8, 4) is 28.2 Å². The number of aromatic nitrogens is 4. The van der Waals surface area contributed by atoms with E-state index < -0.39 is 0 Å². The van der Waals surface area contributed by atoms with E-state index in [1.807, 2.05) is 23.5 Å². The van der Waals surface area contributed by atoms with Gasteiger partial charge in [0.05, 0.1) is 38.6 Å². The molecule has 64 heavy (non-hydrogen) atoms. The Morgan fingerprint density at radius 3 is 1.88 bits per heavy atom. The largest absolute Gasteiger partial charge is 0.456 e. The molecule has 0 atom stereocenters. The van der Waals surface area contributed by atoms with E-state index in [1.54, 1.807) is 0 Å². The van der Waals surface area contributed by atoms with Gasteiger partial charge in [0.1, 0.15) is 16.9 Å². The normalized spacial score (nSPS) is 12.7. The van der Waals surface area contributed by atoms with Crippen LogP contribution in [0.2, 0.25) is 0 Å². The summed E-state index contributed by atoms with van der Waals surface area (Å²) < 4.78 is 13.9. The fourth-order valence-corrected chi connectivity index (χ4v) is 12.6. The maximum atomic E-state index is 6.38. The molecule has 0 aliphatic rings. The van der Waals surface area contributed by atoms with Crippen LogP contribution in [0.5, 0.6) is 0 Å². The first-order valence-electron chi connectivity index (χ1n) is 21.7. The summed E-state index contributed by atoms with van der Waals surface area (Å²) in [5.74, 6) is 0.802. The highest BCUT2D eigenvalue weighted by Gasteiger charge is 2.28. The molecule has 0 aliphatic heterocycles. The van der Waals surface area contributed by atoms with E-state index in [4.69, 9.17) is 14.4 Å². The van der Waals surface area contributed by atoms with E-state index >= 15 is 0 Å². The molecule has 10 aromatic carbocycles. The zero-order chi connectivity index (χ0) is 41.4. The third-order valence-electron chi connectivity index (χ3n) is 14.0. The number of furan rings is 1. The van der Waals surface area contributed by atoms with Crippen molar-refractivity contribution in [3.63, 3.8) is 0 Å². The van der Waals surface area contributed by atoms with Crippen LogP contribution in [0.4, 0.5) is 0 Å². The monoisotopic (exact) mass is 830 g/mol. The number of rotatable bonds is 3. The molecule has 0 unspecified atom stereocenters. The van der Waals surface area contributed by atoms with Gasteiger partial charge in [0.25, 0.3) is 0 Å². The minimum Gasteiger partial charge on any atom is -0.456 e. The Hall–Kier alpha value is -8.32. The van der Waals surface area contributed by atoms with E-state index in [9.17, 15) is 0 Å². The van der Waals surface area contributed by atoms with Gasteiger partial charge in [-0.15, -0.1) is 11.3 Å². The molecule has 0 radical (unpaired) electrons. The van der Waals surface area contributed by atoms with Gasteiger partial charge < -0.3 is 8.82 Å².